The molecule has 8 heteroatoms. The van der Waals surface area contributed by atoms with Crippen LogP contribution < -0.4 is 14.4 Å². The van der Waals surface area contributed by atoms with Crippen molar-refractivity contribution >= 4 is 17.5 Å². The topological polar surface area (TPSA) is 62.3 Å². The maximum absolute atomic E-state index is 13.2. The lowest BCUT2D eigenvalue weighted by atomic mass is 10.1. The maximum Gasteiger partial charge on any atom is 0.247 e. The van der Waals surface area contributed by atoms with Gasteiger partial charge in [0.25, 0.3) is 0 Å². The number of benzene rings is 2. The van der Waals surface area contributed by atoms with Gasteiger partial charge in [-0.1, -0.05) is 6.07 Å². The van der Waals surface area contributed by atoms with Crippen LogP contribution in [0.15, 0.2) is 42.5 Å². The summed E-state index contributed by atoms with van der Waals surface area (Å²) in [6.45, 7) is 8.11. The highest BCUT2D eigenvalue weighted by atomic mass is 19.1. The Labute approximate surface area is 200 Å². The van der Waals surface area contributed by atoms with Crippen LogP contribution in [0, 0.1) is 5.82 Å². The van der Waals surface area contributed by atoms with Gasteiger partial charge in [-0.3, -0.25) is 19.4 Å². The number of piperazine rings is 1. The first-order valence-electron chi connectivity index (χ1n) is 12.0. The third kappa shape index (κ3) is 5.33. The monoisotopic (exact) mass is 469 g/mol. The van der Waals surface area contributed by atoms with E-state index in [2.05, 4.69) is 9.80 Å². The van der Waals surface area contributed by atoms with E-state index in [9.17, 15) is 14.0 Å². The summed E-state index contributed by atoms with van der Waals surface area (Å²) in [5, 5.41) is 0. The van der Waals surface area contributed by atoms with Crippen LogP contribution in [0.1, 0.15) is 25.8 Å². The summed E-state index contributed by atoms with van der Waals surface area (Å²) in [6, 6.07) is 11.8. The predicted molar refractivity (Wildman–Crippen MR) is 128 cm³/mol. The first-order valence-corrected chi connectivity index (χ1v) is 12.0. The molecule has 2 aliphatic rings. The van der Waals surface area contributed by atoms with E-state index in [-0.39, 0.29) is 24.1 Å². The molecule has 0 radical (unpaired) electrons. The number of carbonyl (C=O) groups is 2. The van der Waals surface area contributed by atoms with Crippen molar-refractivity contribution in [3.05, 3.63) is 53.8 Å². The van der Waals surface area contributed by atoms with Crippen molar-refractivity contribution in [2.75, 3.05) is 50.8 Å². The highest BCUT2D eigenvalue weighted by molar-refractivity contribution is 6.05. The lowest BCUT2D eigenvalue weighted by Crippen LogP contribution is -2.52. The molecule has 0 saturated carbocycles. The third-order valence-electron chi connectivity index (χ3n) is 6.40. The molecule has 0 unspecified atom stereocenters. The summed E-state index contributed by atoms with van der Waals surface area (Å²) in [6.07, 6.45) is 0.790. The van der Waals surface area contributed by atoms with Gasteiger partial charge in [0.05, 0.1) is 25.7 Å². The Morgan fingerprint density at radius 3 is 2.26 bits per heavy atom. The van der Waals surface area contributed by atoms with Crippen molar-refractivity contribution < 1.29 is 23.5 Å². The summed E-state index contributed by atoms with van der Waals surface area (Å²) >= 11 is 0. The minimum Gasteiger partial charge on any atom is -0.490 e. The van der Waals surface area contributed by atoms with Crippen molar-refractivity contribution in [2.45, 2.75) is 32.7 Å². The van der Waals surface area contributed by atoms with E-state index < -0.39 is 6.04 Å². The Morgan fingerprint density at radius 1 is 0.912 bits per heavy atom. The predicted octanol–water partition coefficient (Wildman–Crippen LogP) is 3.12. The lowest BCUT2D eigenvalue weighted by Gasteiger charge is -2.38. The number of halogens is 1. The second kappa shape index (κ2) is 10.9. The molecule has 0 aromatic heterocycles. The molecule has 1 atom stereocenters. The Bertz CT molecular complexity index is 1010. The Balaban J connectivity index is 1.33. The smallest absolute Gasteiger partial charge is 0.247 e. The van der Waals surface area contributed by atoms with Gasteiger partial charge in [-0.15, -0.1) is 0 Å². The zero-order chi connectivity index (χ0) is 24.1. The van der Waals surface area contributed by atoms with Crippen LogP contribution in [0.3, 0.4) is 0 Å². The second-order valence-corrected chi connectivity index (χ2v) is 8.50. The molecular formula is C26H32FN3O4. The molecule has 0 aliphatic carbocycles. The van der Waals surface area contributed by atoms with Crippen LogP contribution in [0.25, 0.3) is 0 Å². The van der Waals surface area contributed by atoms with Gasteiger partial charge >= 0.3 is 0 Å². The minimum atomic E-state index is -0.401. The fourth-order valence-electron chi connectivity index (χ4n) is 4.62. The normalized spacial score (nSPS) is 19.1. The van der Waals surface area contributed by atoms with Crippen molar-refractivity contribution in [3.8, 4) is 11.5 Å². The second-order valence-electron chi connectivity index (χ2n) is 8.50. The van der Waals surface area contributed by atoms with Crippen LogP contribution >= 0.6 is 0 Å². The average molecular weight is 470 g/mol. The van der Waals surface area contributed by atoms with E-state index in [0.29, 0.717) is 50.8 Å². The number of ether oxygens (including phenoxy) is 2. The van der Waals surface area contributed by atoms with E-state index in [4.69, 9.17) is 9.47 Å². The molecule has 4 rings (SSSR count). The van der Waals surface area contributed by atoms with Gasteiger partial charge < -0.3 is 14.4 Å². The number of rotatable bonds is 9. The number of carbonyl (C=O) groups excluding carboxylic acids is 2. The van der Waals surface area contributed by atoms with E-state index >= 15 is 0 Å². The molecule has 0 bridgehead atoms. The van der Waals surface area contributed by atoms with Crippen LogP contribution in [0.4, 0.5) is 10.1 Å². The Morgan fingerprint density at radius 2 is 1.59 bits per heavy atom. The molecule has 7 nitrogen and oxygen atoms in total. The standard InChI is InChI=1S/C26H32FN3O4/c1-3-33-23-10-5-19(17-24(23)34-4-2)11-12-30-25(31)18-22(26(30)32)29-15-13-28(14-16-29)21-8-6-20(27)7-9-21/h5-10,17,22H,3-4,11-16,18H2,1-2H3/t22-/m1/s1. The van der Waals surface area contributed by atoms with Crippen molar-refractivity contribution in [1.82, 2.24) is 9.80 Å². The Kier molecular flexibility index (Phi) is 7.67. The molecule has 2 aliphatic heterocycles. The average Bonchev–Trinajstić information content (AvgIpc) is 3.13. The zero-order valence-electron chi connectivity index (χ0n) is 19.8. The van der Waals surface area contributed by atoms with E-state index in [1.807, 2.05) is 32.0 Å². The van der Waals surface area contributed by atoms with E-state index in [0.717, 1.165) is 24.3 Å². The molecule has 2 saturated heterocycles. The molecule has 2 aromatic carbocycles. The largest absolute Gasteiger partial charge is 0.490 e. The molecule has 0 N–H and O–H groups in total. The summed E-state index contributed by atoms with van der Waals surface area (Å²) in [4.78, 5) is 31.4. The highest BCUT2D eigenvalue weighted by Gasteiger charge is 2.42. The van der Waals surface area contributed by atoms with Gasteiger partial charge in [-0.2, -0.15) is 0 Å². The summed E-state index contributed by atoms with van der Waals surface area (Å²) in [7, 11) is 0. The van der Waals surface area contributed by atoms with Crippen molar-refractivity contribution in [3.63, 3.8) is 0 Å². The quantitative estimate of drug-likeness (QED) is 0.526. The van der Waals surface area contributed by atoms with Gasteiger partial charge in [-0.25, -0.2) is 4.39 Å². The van der Waals surface area contributed by atoms with Crippen LogP contribution in [0.2, 0.25) is 0 Å². The summed E-state index contributed by atoms with van der Waals surface area (Å²) in [5.74, 6) is 0.888. The summed E-state index contributed by atoms with van der Waals surface area (Å²) in [5.41, 5.74) is 1.96. The van der Waals surface area contributed by atoms with Gasteiger partial charge in [0.1, 0.15) is 5.82 Å². The number of amides is 2. The number of imide groups is 1. The number of nitrogens with zero attached hydrogens (tertiary/aromatic N) is 3. The SMILES string of the molecule is CCOc1ccc(CCN2C(=O)C[C@@H](N3CCN(c4ccc(F)cc4)CC3)C2=O)cc1OCC. The molecular weight excluding hydrogens is 437 g/mol. The fourth-order valence-corrected chi connectivity index (χ4v) is 4.62. The van der Waals surface area contributed by atoms with Gasteiger partial charge in [0.2, 0.25) is 11.8 Å². The fraction of sp³-hybridized carbons (Fsp3) is 0.462. The highest BCUT2D eigenvalue weighted by Crippen LogP contribution is 2.29. The number of anilines is 1. The first kappa shape index (κ1) is 24.0. The van der Waals surface area contributed by atoms with Gasteiger partial charge in [0, 0.05) is 38.4 Å². The molecule has 2 heterocycles. The van der Waals surface area contributed by atoms with E-state index in [1.54, 1.807) is 12.1 Å². The zero-order valence-corrected chi connectivity index (χ0v) is 19.8. The Hall–Kier alpha value is -3.13. The molecule has 182 valence electrons. The number of likely N-dealkylation sites (tertiary alicyclic amines) is 1. The number of hydrogen-bond donors (Lipinski definition) is 0. The molecule has 2 amide bonds. The van der Waals surface area contributed by atoms with Crippen molar-refractivity contribution in [1.29, 1.82) is 0 Å². The maximum atomic E-state index is 13.2. The summed E-state index contributed by atoms with van der Waals surface area (Å²) < 4.78 is 24.5. The van der Waals surface area contributed by atoms with Gasteiger partial charge in [-0.05, 0) is 62.2 Å². The molecule has 0 spiro atoms. The molecule has 34 heavy (non-hydrogen) atoms. The first-order chi connectivity index (χ1) is 16.5. The van der Waals surface area contributed by atoms with Gasteiger partial charge in [0.15, 0.2) is 11.5 Å². The molecule has 2 fully saturated rings. The molecule has 2 aromatic rings. The minimum absolute atomic E-state index is 0.115. The lowest BCUT2D eigenvalue weighted by molar-refractivity contribution is -0.139. The van der Waals surface area contributed by atoms with E-state index in [1.165, 1.54) is 17.0 Å². The third-order valence-corrected chi connectivity index (χ3v) is 6.40. The van der Waals surface area contributed by atoms with Crippen LogP contribution in [-0.4, -0.2) is 73.6 Å². The number of hydrogen-bond acceptors (Lipinski definition) is 6. The van der Waals surface area contributed by atoms with Crippen LogP contribution in [-0.2, 0) is 16.0 Å². The van der Waals surface area contributed by atoms with Crippen LogP contribution in [0.5, 0.6) is 11.5 Å². The van der Waals surface area contributed by atoms with Crippen molar-refractivity contribution in [2.24, 2.45) is 0 Å².